The molecule has 0 spiro atoms. The van der Waals surface area contributed by atoms with Crippen molar-refractivity contribution in [3.63, 3.8) is 0 Å². The van der Waals surface area contributed by atoms with E-state index in [0.717, 1.165) is 56.5 Å². The molecular formula is C38H47F7N2O7S2. The summed E-state index contributed by atoms with van der Waals surface area (Å²) in [5, 5.41) is 14.2. The van der Waals surface area contributed by atoms with E-state index < -0.39 is 63.9 Å². The smallest absolute Gasteiger partial charge is 0.417 e. The van der Waals surface area contributed by atoms with Crippen LogP contribution in [0.15, 0.2) is 41.3 Å². The minimum atomic E-state index is -4.62. The number of esters is 2. The number of piperidine rings is 2. The Morgan fingerprint density at radius 1 is 0.911 bits per heavy atom. The number of halogens is 7. The van der Waals surface area contributed by atoms with E-state index in [1.807, 2.05) is 0 Å². The molecule has 2 saturated heterocycles. The van der Waals surface area contributed by atoms with Crippen molar-refractivity contribution in [2.45, 2.75) is 93.5 Å². The number of alkyl halides is 6. The minimum Gasteiger partial charge on any atom is -0.468 e. The lowest BCUT2D eigenvalue weighted by atomic mass is 9.73. The SMILES string of the molecule is C.COC(=O)[C@H]1Sc2c(C(F)(F)F)cccc2[C@]1(O)C1CCN(C(=O)OC(C)(C)C)CC1.COC(=O)c1sc2c(C(F)(F)F)cccc2c1C1CCNCC1.[3H]F. The molecule has 0 saturated carbocycles. The van der Waals surface area contributed by atoms with Crippen molar-refractivity contribution < 1.29 is 64.8 Å². The predicted octanol–water partition coefficient (Wildman–Crippen LogP) is 9.15. The first-order valence-electron chi connectivity index (χ1n) is 17.7. The number of likely N-dealkylation sites (tertiary alicyclic amines) is 1. The van der Waals surface area contributed by atoms with E-state index >= 15 is 0 Å². The fourth-order valence-corrected chi connectivity index (χ4v) is 10.2. The zero-order valence-electron chi connectivity index (χ0n) is 31.7. The predicted molar refractivity (Wildman–Crippen MR) is 200 cm³/mol. The molecule has 2 atom stereocenters. The molecule has 312 valence electrons. The molecule has 56 heavy (non-hydrogen) atoms. The number of amides is 1. The molecule has 2 fully saturated rings. The number of aliphatic hydroxyl groups is 1. The van der Waals surface area contributed by atoms with Gasteiger partial charge in [0.2, 0.25) is 0 Å². The molecular weight excluding hydrogens is 794 g/mol. The van der Waals surface area contributed by atoms with Gasteiger partial charge in [-0.25, -0.2) is 9.59 Å². The van der Waals surface area contributed by atoms with Crippen molar-refractivity contribution in [3.8, 4) is 0 Å². The lowest BCUT2D eigenvalue weighted by molar-refractivity contribution is -0.149. The first-order chi connectivity index (χ1) is 26.2. The maximum absolute atomic E-state index is 13.6. The van der Waals surface area contributed by atoms with E-state index in [0.29, 0.717) is 40.4 Å². The Bertz CT molecular complexity index is 1870. The molecule has 2 N–H and O–H groups in total. The van der Waals surface area contributed by atoms with Gasteiger partial charge < -0.3 is 29.5 Å². The highest BCUT2D eigenvalue weighted by Crippen LogP contribution is 2.57. The summed E-state index contributed by atoms with van der Waals surface area (Å²) in [6, 6.07) is 7.75. The summed E-state index contributed by atoms with van der Waals surface area (Å²) in [4.78, 5) is 38.5. The Balaban J connectivity index is 0.000000298. The van der Waals surface area contributed by atoms with Gasteiger partial charge in [0.05, 0.1) is 25.3 Å². The van der Waals surface area contributed by atoms with Crippen LogP contribution < -0.4 is 5.32 Å². The largest absolute Gasteiger partial charge is 0.468 e. The van der Waals surface area contributed by atoms with E-state index in [1.54, 1.807) is 26.8 Å². The zero-order valence-corrected chi connectivity index (χ0v) is 32.3. The normalized spacial score (nSPS) is 20.6. The van der Waals surface area contributed by atoms with E-state index in [1.165, 1.54) is 30.2 Å². The van der Waals surface area contributed by atoms with E-state index in [2.05, 4.69) is 6.77 Å². The molecule has 0 radical (unpaired) electrons. The van der Waals surface area contributed by atoms with Crippen LogP contribution in [0.5, 0.6) is 0 Å². The topological polar surface area (TPSA) is 114 Å². The summed E-state index contributed by atoms with van der Waals surface area (Å²) in [6.07, 6.45) is -7.34. The van der Waals surface area contributed by atoms with Crippen molar-refractivity contribution >= 4 is 51.2 Å². The third kappa shape index (κ3) is 9.56. The van der Waals surface area contributed by atoms with Crippen LogP contribution in [-0.4, -0.2) is 80.7 Å². The highest BCUT2D eigenvalue weighted by atomic mass is 32.2. The Morgan fingerprint density at radius 2 is 1.48 bits per heavy atom. The zero-order chi connectivity index (χ0) is 41.8. The van der Waals surface area contributed by atoms with Gasteiger partial charge >= 0.3 is 30.4 Å². The molecule has 2 aromatic carbocycles. The van der Waals surface area contributed by atoms with Crippen molar-refractivity contribution in [2.75, 3.05) is 40.4 Å². The van der Waals surface area contributed by atoms with Crippen LogP contribution in [-0.2, 0) is 37.0 Å². The molecule has 6 rings (SSSR count). The Kier molecular flexibility index (Phi) is 14.4. The number of hydrogen-bond donors (Lipinski definition) is 2. The summed E-state index contributed by atoms with van der Waals surface area (Å²) >= 11 is 1.58. The van der Waals surface area contributed by atoms with Crippen molar-refractivity contribution in [3.05, 3.63) is 63.5 Å². The number of carbonyl (C=O) groups is 3. The van der Waals surface area contributed by atoms with Crippen molar-refractivity contribution in [1.29, 1.82) is 1.45 Å². The number of rotatable bonds is 4. The minimum absolute atomic E-state index is 0. The van der Waals surface area contributed by atoms with Gasteiger partial charge in [-0.1, -0.05) is 31.7 Å². The second-order valence-corrected chi connectivity index (χ2v) is 16.4. The molecule has 0 aliphatic carbocycles. The Morgan fingerprint density at radius 3 is 2.02 bits per heavy atom. The van der Waals surface area contributed by atoms with E-state index in [-0.39, 0.29) is 41.6 Å². The molecule has 1 amide bonds. The maximum atomic E-state index is 13.6. The van der Waals surface area contributed by atoms with E-state index in [9.17, 15) is 45.8 Å². The highest BCUT2D eigenvalue weighted by Gasteiger charge is 2.57. The standard InChI is InChI=1S/C21H26F3NO5S.C16H16F3NO2S.CH4.FH/c1-19(2,3)30-18(27)25-10-8-12(9-11-25)20(28)13-6-5-7-14(21(22,23)24)15(13)31-16(20)17(26)29-4;1-22-15(21)14-12(9-5-7-20-8-6-9)10-3-2-4-11(13(10)23-14)16(17,18)19;;/h5-7,12,16,28H,8-11H2,1-4H3;2-4,9,20H,5-8H2,1H3;1H4;1H/t16-,20-;;;/m1.../s1/i/hT. The molecule has 1 aromatic heterocycles. The quantitative estimate of drug-likeness (QED) is 0.151. The number of ether oxygens (including phenoxy) is 3. The van der Waals surface area contributed by atoms with Crippen LogP contribution in [0.2, 0.25) is 0 Å². The first kappa shape index (κ1) is 45.1. The van der Waals surface area contributed by atoms with Gasteiger partial charge in [-0.2, -0.15) is 26.3 Å². The van der Waals surface area contributed by atoms with Crippen LogP contribution in [0.3, 0.4) is 0 Å². The summed E-state index contributed by atoms with van der Waals surface area (Å²) in [5.74, 6) is -1.81. The molecule has 3 aromatic rings. The van der Waals surface area contributed by atoms with E-state index in [4.69, 9.17) is 18.9 Å². The molecule has 18 heteroatoms. The number of thiophene rings is 1. The third-order valence-electron chi connectivity index (χ3n) is 9.75. The van der Waals surface area contributed by atoms with Crippen molar-refractivity contribution in [1.82, 2.24) is 10.2 Å². The summed E-state index contributed by atoms with van der Waals surface area (Å²) < 4.78 is 109. The lowest BCUT2D eigenvalue weighted by Crippen LogP contribution is -2.51. The van der Waals surface area contributed by atoms with Crippen LogP contribution in [0.4, 0.5) is 35.9 Å². The summed E-state index contributed by atoms with van der Waals surface area (Å²) in [7, 11) is 2.39. The van der Waals surface area contributed by atoms with Gasteiger partial charge in [-0.3, -0.25) is 9.51 Å². The second-order valence-electron chi connectivity index (χ2n) is 14.3. The lowest BCUT2D eigenvalue weighted by Gasteiger charge is -2.42. The number of carbonyl (C=O) groups excluding carboxylic acids is 3. The number of thioether (sulfide) groups is 1. The van der Waals surface area contributed by atoms with Gasteiger partial charge in [0.15, 0.2) is 0 Å². The monoisotopic (exact) mass is 842 g/mol. The average Bonchev–Trinajstić information content (AvgIpc) is 3.70. The average molecular weight is 843 g/mol. The maximum Gasteiger partial charge on any atom is 0.417 e. The number of methoxy groups -OCH3 is 2. The molecule has 3 aliphatic heterocycles. The summed E-state index contributed by atoms with van der Waals surface area (Å²) in [5.41, 5.74) is -3.27. The third-order valence-corrected chi connectivity index (χ3v) is 12.4. The van der Waals surface area contributed by atoms with Crippen LogP contribution >= 0.6 is 23.1 Å². The van der Waals surface area contributed by atoms with Crippen molar-refractivity contribution in [2.24, 2.45) is 5.92 Å². The number of fused-ring (bicyclic) bond motifs is 2. The second kappa shape index (κ2) is 17.9. The van der Waals surface area contributed by atoms with Crippen LogP contribution in [0, 0.1) is 5.92 Å². The molecule has 9 nitrogen and oxygen atoms in total. The number of hydrogen-bond acceptors (Lipinski definition) is 10. The van der Waals surface area contributed by atoms with Gasteiger partial charge in [-0.05, 0) is 100 Å². The van der Waals surface area contributed by atoms with Crippen LogP contribution in [0.1, 0.15) is 91.7 Å². The number of nitrogens with one attached hydrogen (secondary N) is 1. The molecule has 0 bridgehead atoms. The summed E-state index contributed by atoms with van der Waals surface area (Å²) in [6.45, 7) is 7.37. The highest BCUT2D eigenvalue weighted by molar-refractivity contribution is 8.01. The number of benzene rings is 2. The van der Waals surface area contributed by atoms with Gasteiger partial charge in [0.25, 0.3) is 1.45 Å². The molecule has 3 aliphatic rings. The van der Waals surface area contributed by atoms with Crippen LogP contribution in [0.25, 0.3) is 10.1 Å². The van der Waals surface area contributed by atoms with Gasteiger partial charge in [-0.15, -0.1) is 23.1 Å². The Hall–Kier alpha value is -3.61. The first-order valence-corrected chi connectivity index (χ1v) is 19.0. The fourth-order valence-electron chi connectivity index (χ4n) is 7.27. The molecule has 4 heterocycles. The van der Waals surface area contributed by atoms with Gasteiger partial charge in [0.1, 0.15) is 21.3 Å². The van der Waals surface area contributed by atoms with Gasteiger partial charge in [0, 0.05) is 22.7 Å². The fraction of sp³-hybridized carbons (Fsp3) is 0.553. The number of nitrogens with zero attached hydrogens (tertiary/aromatic N) is 1. The molecule has 0 unspecified atom stereocenters. The Labute approximate surface area is 330 Å².